The zero-order valence-electron chi connectivity index (χ0n) is 27.8. The Morgan fingerprint density at radius 2 is 1.92 bits per heavy atom. The first-order valence-electron chi connectivity index (χ1n) is 16.7. The van der Waals surface area contributed by atoms with Crippen molar-refractivity contribution in [2.75, 3.05) is 52.5 Å². The highest BCUT2D eigenvalue weighted by Gasteiger charge is 2.41. The predicted octanol–water partition coefficient (Wildman–Crippen LogP) is 4.00. The number of nitrogens with one attached hydrogen (secondary N) is 1. The van der Waals surface area contributed by atoms with Crippen LogP contribution in [0, 0.1) is 12.8 Å². The molecule has 6 rings (SSSR count). The first-order chi connectivity index (χ1) is 24.2. The van der Waals surface area contributed by atoms with E-state index in [1.807, 2.05) is 25.1 Å². The number of carbonyl (C=O) groups is 1. The van der Waals surface area contributed by atoms with Crippen LogP contribution in [0.5, 0.6) is 5.75 Å². The Hall–Kier alpha value is -3.37. The molecule has 0 saturated carbocycles. The number of rotatable bonds is 14. The molecule has 268 valence electrons. The normalized spacial score (nSPS) is 17.8. The topological polar surface area (TPSA) is 152 Å². The molecule has 16 heteroatoms. The predicted molar refractivity (Wildman–Crippen MR) is 189 cm³/mol. The Labute approximate surface area is 301 Å². The van der Waals surface area contributed by atoms with E-state index >= 15 is 0 Å². The Bertz CT molecular complexity index is 1910. The number of pyridine rings is 1. The fraction of sp³-hybridized carbons (Fsp3) is 0.471. The van der Waals surface area contributed by atoms with Crippen molar-refractivity contribution in [3.05, 3.63) is 70.4 Å². The number of aromatic nitrogens is 4. The van der Waals surface area contributed by atoms with Gasteiger partial charge in [-0.3, -0.25) is 4.79 Å². The molecular weight excluding hydrogens is 705 g/mol. The van der Waals surface area contributed by atoms with Crippen LogP contribution in [0.2, 0.25) is 10.0 Å². The number of hydrogen-bond acceptors (Lipinski definition) is 10. The lowest BCUT2D eigenvalue weighted by molar-refractivity contribution is -0.124. The molecule has 2 aliphatic heterocycles. The van der Waals surface area contributed by atoms with E-state index < -0.39 is 16.1 Å². The summed E-state index contributed by atoms with van der Waals surface area (Å²) in [6, 6.07) is 9.45. The van der Waals surface area contributed by atoms with Crippen LogP contribution in [-0.2, 0) is 26.2 Å². The molecule has 2 aromatic heterocycles. The lowest BCUT2D eigenvalue weighted by Gasteiger charge is -2.32. The first kappa shape index (κ1) is 36.4. The fourth-order valence-corrected chi connectivity index (χ4v) is 9.10. The molecule has 0 spiro atoms. The summed E-state index contributed by atoms with van der Waals surface area (Å²) in [6.07, 6.45) is 5.88. The van der Waals surface area contributed by atoms with E-state index in [1.165, 1.54) is 22.8 Å². The van der Waals surface area contributed by atoms with Gasteiger partial charge in [-0.25, -0.2) is 23.1 Å². The van der Waals surface area contributed by atoms with Crippen molar-refractivity contribution in [2.24, 2.45) is 5.92 Å². The van der Waals surface area contributed by atoms with Gasteiger partial charge in [-0.15, -0.1) is 0 Å². The van der Waals surface area contributed by atoms with Crippen LogP contribution in [0.3, 0.4) is 0 Å². The molecule has 0 bridgehead atoms. The van der Waals surface area contributed by atoms with Crippen LogP contribution < -0.4 is 10.1 Å². The number of nitrogens with zero attached hydrogens (tertiary/aromatic N) is 6. The Morgan fingerprint density at radius 1 is 1.10 bits per heavy atom. The van der Waals surface area contributed by atoms with Gasteiger partial charge in [0.1, 0.15) is 41.5 Å². The van der Waals surface area contributed by atoms with Gasteiger partial charge in [-0.05, 0) is 75.9 Å². The highest BCUT2D eigenvalue weighted by atomic mass is 35.5. The third kappa shape index (κ3) is 8.07. The maximum atomic E-state index is 14.1. The third-order valence-corrected chi connectivity index (χ3v) is 12.1. The summed E-state index contributed by atoms with van der Waals surface area (Å²) in [5.41, 5.74) is 2.43. The van der Waals surface area contributed by atoms with Crippen molar-refractivity contribution < 1.29 is 27.8 Å². The molecule has 4 aromatic rings. The first-order valence-corrected chi connectivity index (χ1v) is 18.9. The van der Waals surface area contributed by atoms with E-state index in [9.17, 15) is 13.2 Å². The number of amides is 1. The number of sulfonamides is 1. The van der Waals surface area contributed by atoms with E-state index in [-0.39, 0.29) is 40.6 Å². The molecule has 2 aromatic carbocycles. The molecule has 2 saturated heterocycles. The molecule has 1 atom stereocenters. The number of halogens is 2. The third-order valence-electron chi connectivity index (χ3n) is 9.25. The second kappa shape index (κ2) is 16.3. The van der Waals surface area contributed by atoms with Crippen LogP contribution >= 0.6 is 23.2 Å². The number of aliphatic hydroxyl groups excluding tert-OH is 1. The number of ether oxygens (including phenoxy) is 2. The molecular formula is C34H41Cl2N7O6S. The van der Waals surface area contributed by atoms with Crippen LogP contribution in [0.25, 0.3) is 16.6 Å². The Kier molecular flexibility index (Phi) is 11.9. The van der Waals surface area contributed by atoms with Crippen molar-refractivity contribution in [1.29, 1.82) is 0 Å². The summed E-state index contributed by atoms with van der Waals surface area (Å²) in [5, 5.41) is 17.1. The number of fused-ring (bicyclic) bond motifs is 1. The molecule has 13 nitrogen and oxygen atoms in total. The number of benzene rings is 2. The second-order valence-electron chi connectivity index (χ2n) is 12.5. The number of para-hydroxylation sites is 1. The summed E-state index contributed by atoms with van der Waals surface area (Å²) in [5.74, 6) is 0.467. The van der Waals surface area contributed by atoms with Crippen molar-refractivity contribution in [3.8, 4) is 11.4 Å². The van der Waals surface area contributed by atoms with Gasteiger partial charge in [-0.2, -0.15) is 9.40 Å². The van der Waals surface area contributed by atoms with Gasteiger partial charge in [0.15, 0.2) is 0 Å². The molecule has 2 fully saturated rings. The number of piperidine rings is 1. The molecule has 4 heterocycles. The average molecular weight is 747 g/mol. The summed E-state index contributed by atoms with van der Waals surface area (Å²) in [7, 11) is -4.16. The molecule has 1 amide bonds. The maximum Gasteiger partial charge on any atom is 0.245 e. The molecule has 50 heavy (non-hydrogen) atoms. The number of aryl methyl sites for hydroxylation is 1. The van der Waals surface area contributed by atoms with E-state index in [1.54, 1.807) is 17.1 Å². The molecule has 0 unspecified atom stereocenters. The second-order valence-corrected chi connectivity index (χ2v) is 15.2. The van der Waals surface area contributed by atoms with Crippen molar-refractivity contribution in [3.63, 3.8) is 0 Å². The Balaban J connectivity index is 1.12. The minimum absolute atomic E-state index is 0.0166. The summed E-state index contributed by atoms with van der Waals surface area (Å²) in [6.45, 7) is 5.98. The van der Waals surface area contributed by atoms with E-state index in [0.717, 1.165) is 49.2 Å². The van der Waals surface area contributed by atoms with E-state index in [2.05, 4.69) is 20.3 Å². The number of likely N-dealkylation sites (tertiary alicyclic amines) is 1. The lowest BCUT2D eigenvalue weighted by Crippen LogP contribution is -2.47. The maximum absolute atomic E-state index is 14.1. The summed E-state index contributed by atoms with van der Waals surface area (Å²) >= 11 is 13.4. The van der Waals surface area contributed by atoms with Crippen LogP contribution in [-0.4, -0.2) is 107 Å². The smallest absolute Gasteiger partial charge is 0.245 e. The lowest BCUT2D eigenvalue weighted by atomic mass is 9.96. The standard InChI is InChI=1S/C34H41Cl2N7O6S/c1-23-18-29(42-22-37-21-39-42)25-4-2-6-30(33(25)40-23)49-20-26-27(35)7-8-31(32(26)36)50(46,47)43-11-3-5-28(43)34(45)38-19-24-9-12-41(13-10-24)14-16-48-17-15-44/h2,4,6-8,18,21-22,24,28,44H,3,5,9-17,19-20H2,1H3,(H,38,45)/t28-/m0/s1. The minimum atomic E-state index is -4.16. The number of aliphatic hydroxyl groups is 1. The van der Waals surface area contributed by atoms with Crippen LogP contribution in [0.1, 0.15) is 36.9 Å². The largest absolute Gasteiger partial charge is 0.487 e. The fourth-order valence-electron chi connectivity index (χ4n) is 6.58. The van der Waals surface area contributed by atoms with Crippen molar-refractivity contribution in [1.82, 2.24) is 34.3 Å². The molecule has 2 N–H and O–H groups in total. The molecule has 2 aliphatic rings. The summed E-state index contributed by atoms with van der Waals surface area (Å²) < 4.78 is 42.6. The quantitative estimate of drug-likeness (QED) is 0.181. The van der Waals surface area contributed by atoms with Gasteiger partial charge in [0.05, 0.1) is 30.5 Å². The summed E-state index contributed by atoms with van der Waals surface area (Å²) in [4.78, 5) is 24.3. The van der Waals surface area contributed by atoms with Gasteiger partial charge >= 0.3 is 0 Å². The van der Waals surface area contributed by atoms with Crippen LogP contribution in [0.15, 0.2) is 53.9 Å². The highest BCUT2D eigenvalue weighted by molar-refractivity contribution is 7.89. The zero-order valence-corrected chi connectivity index (χ0v) is 30.1. The van der Waals surface area contributed by atoms with E-state index in [4.69, 9.17) is 42.8 Å². The van der Waals surface area contributed by atoms with Crippen molar-refractivity contribution >= 4 is 50.0 Å². The van der Waals surface area contributed by atoms with Gasteiger partial charge in [0.2, 0.25) is 15.9 Å². The minimum Gasteiger partial charge on any atom is -0.487 e. The van der Waals surface area contributed by atoms with Gasteiger partial charge < -0.3 is 24.8 Å². The van der Waals surface area contributed by atoms with E-state index in [0.29, 0.717) is 55.3 Å². The number of carbonyl (C=O) groups excluding carboxylic acids is 1. The zero-order chi connectivity index (χ0) is 35.3. The van der Waals surface area contributed by atoms with Crippen LogP contribution in [0.4, 0.5) is 0 Å². The molecule has 0 aliphatic carbocycles. The SMILES string of the molecule is Cc1cc(-n2cncn2)c2cccc(OCc3c(Cl)ccc(S(=O)(=O)N4CCC[C@H]4C(=O)NCC4CCN(CCOCCO)CC4)c3Cl)c2n1. The van der Waals surface area contributed by atoms with Gasteiger partial charge in [0.25, 0.3) is 0 Å². The van der Waals surface area contributed by atoms with Gasteiger partial charge in [-0.1, -0.05) is 35.3 Å². The van der Waals surface area contributed by atoms with Crippen molar-refractivity contribution in [2.45, 2.75) is 50.2 Å². The number of hydrogen-bond donors (Lipinski definition) is 2. The Morgan fingerprint density at radius 3 is 2.68 bits per heavy atom. The molecule has 0 radical (unpaired) electrons. The average Bonchev–Trinajstić information content (AvgIpc) is 3.83. The monoisotopic (exact) mass is 745 g/mol. The highest BCUT2D eigenvalue weighted by Crippen LogP contribution is 2.37. The van der Waals surface area contributed by atoms with Gasteiger partial charge in [0, 0.05) is 41.3 Å².